The van der Waals surface area contributed by atoms with Crippen molar-refractivity contribution in [2.75, 3.05) is 6.61 Å². The zero-order valence-electron chi connectivity index (χ0n) is 19.2. The van der Waals surface area contributed by atoms with E-state index in [0.29, 0.717) is 23.6 Å². The predicted molar refractivity (Wildman–Crippen MR) is 127 cm³/mol. The van der Waals surface area contributed by atoms with Gasteiger partial charge in [-0.1, -0.05) is 55.5 Å². The standard InChI is InChI=1S/C27H31NO4/c1-5-21-11-13-23(14-12-21)26(29)25-16-20(2)18-28(25)15-7-9-22-8-6-10-24(17-22)32-27(3,4)19-31-30/h6-14,16-18,30H,5,15,19H2,1-4H3. The van der Waals surface area contributed by atoms with Gasteiger partial charge in [-0.2, -0.15) is 0 Å². The first-order valence-corrected chi connectivity index (χ1v) is 10.8. The molecule has 0 radical (unpaired) electrons. The molecule has 32 heavy (non-hydrogen) atoms. The van der Waals surface area contributed by atoms with Crippen LogP contribution in [0.5, 0.6) is 5.75 Å². The highest BCUT2D eigenvalue weighted by molar-refractivity contribution is 6.08. The molecule has 2 aromatic carbocycles. The molecule has 0 aliphatic carbocycles. The second kappa shape index (κ2) is 10.4. The smallest absolute Gasteiger partial charge is 0.209 e. The van der Waals surface area contributed by atoms with Crippen molar-refractivity contribution in [3.05, 3.63) is 94.8 Å². The van der Waals surface area contributed by atoms with Gasteiger partial charge in [-0.15, -0.1) is 0 Å². The summed E-state index contributed by atoms with van der Waals surface area (Å²) in [5.74, 6) is 0.718. The van der Waals surface area contributed by atoms with Gasteiger partial charge in [-0.25, -0.2) is 4.89 Å². The van der Waals surface area contributed by atoms with E-state index in [4.69, 9.17) is 9.99 Å². The topological polar surface area (TPSA) is 60.7 Å². The van der Waals surface area contributed by atoms with E-state index in [1.807, 2.05) is 98.3 Å². The number of carbonyl (C=O) groups excluding carboxylic acids is 1. The Morgan fingerprint density at radius 1 is 1.12 bits per heavy atom. The number of carbonyl (C=O) groups is 1. The Kier molecular flexibility index (Phi) is 7.67. The van der Waals surface area contributed by atoms with E-state index in [2.05, 4.69) is 11.8 Å². The van der Waals surface area contributed by atoms with E-state index >= 15 is 0 Å². The van der Waals surface area contributed by atoms with Crippen LogP contribution < -0.4 is 4.74 Å². The summed E-state index contributed by atoms with van der Waals surface area (Å²) in [6.45, 7) is 8.43. The maximum atomic E-state index is 13.1. The molecule has 3 aromatic rings. The molecule has 5 heteroatoms. The van der Waals surface area contributed by atoms with Crippen molar-refractivity contribution in [2.24, 2.45) is 0 Å². The molecule has 5 nitrogen and oxygen atoms in total. The third-order valence-electron chi connectivity index (χ3n) is 5.17. The lowest BCUT2D eigenvalue weighted by Crippen LogP contribution is -2.33. The molecule has 0 unspecified atom stereocenters. The van der Waals surface area contributed by atoms with Gasteiger partial charge in [0.25, 0.3) is 0 Å². The number of benzene rings is 2. The van der Waals surface area contributed by atoms with Gasteiger partial charge in [0.2, 0.25) is 5.78 Å². The summed E-state index contributed by atoms with van der Waals surface area (Å²) in [5, 5.41) is 8.70. The Bertz CT molecular complexity index is 1080. The monoisotopic (exact) mass is 433 g/mol. The zero-order valence-corrected chi connectivity index (χ0v) is 19.2. The summed E-state index contributed by atoms with van der Waals surface area (Å²) in [6.07, 6.45) is 6.97. The number of aryl methyl sites for hydroxylation is 2. The van der Waals surface area contributed by atoms with E-state index in [-0.39, 0.29) is 12.4 Å². The Hall–Kier alpha value is -3.15. The molecule has 1 heterocycles. The number of aromatic nitrogens is 1. The fourth-order valence-electron chi connectivity index (χ4n) is 3.53. The molecule has 1 N–H and O–H groups in total. The van der Waals surface area contributed by atoms with Gasteiger partial charge in [0.05, 0.1) is 5.69 Å². The summed E-state index contributed by atoms with van der Waals surface area (Å²) in [5.41, 5.74) is 3.98. The van der Waals surface area contributed by atoms with Gasteiger partial charge in [0.1, 0.15) is 18.0 Å². The molecular formula is C27H31NO4. The van der Waals surface area contributed by atoms with Crippen molar-refractivity contribution in [2.45, 2.75) is 46.3 Å². The lowest BCUT2D eigenvalue weighted by atomic mass is 10.0. The van der Waals surface area contributed by atoms with Crippen LogP contribution in [0.15, 0.2) is 66.9 Å². The first-order chi connectivity index (χ1) is 15.3. The van der Waals surface area contributed by atoms with Gasteiger partial charge < -0.3 is 9.30 Å². The van der Waals surface area contributed by atoms with Crippen molar-refractivity contribution in [1.82, 2.24) is 4.57 Å². The largest absolute Gasteiger partial charge is 0.485 e. The normalized spacial score (nSPS) is 11.8. The minimum absolute atomic E-state index is 0.0258. The van der Waals surface area contributed by atoms with Crippen LogP contribution >= 0.6 is 0 Å². The minimum Gasteiger partial charge on any atom is -0.485 e. The van der Waals surface area contributed by atoms with Crippen molar-refractivity contribution in [1.29, 1.82) is 0 Å². The number of ether oxygens (including phenoxy) is 1. The molecule has 0 amide bonds. The van der Waals surface area contributed by atoms with E-state index in [1.54, 1.807) is 0 Å². The average Bonchev–Trinajstić information content (AvgIpc) is 3.13. The molecule has 0 saturated carbocycles. The SMILES string of the molecule is CCc1ccc(C(=O)c2cc(C)cn2CC=Cc2cccc(OC(C)(C)COO)c2)cc1. The quantitative estimate of drug-likeness (QED) is 0.244. The highest BCUT2D eigenvalue weighted by Crippen LogP contribution is 2.21. The maximum absolute atomic E-state index is 13.1. The molecule has 0 saturated heterocycles. The second-order valence-corrected chi connectivity index (χ2v) is 8.54. The van der Waals surface area contributed by atoms with Crippen molar-refractivity contribution >= 4 is 11.9 Å². The molecule has 168 valence electrons. The van der Waals surface area contributed by atoms with Crippen LogP contribution in [-0.2, 0) is 17.9 Å². The van der Waals surface area contributed by atoms with Gasteiger partial charge in [-0.05, 0) is 62.1 Å². The zero-order chi connectivity index (χ0) is 23.1. The minimum atomic E-state index is -0.648. The summed E-state index contributed by atoms with van der Waals surface area (Å²) in [4.78, 5) is 17.3. The summed E-state index contributed by atoms with van der Waals surface area (Å²) in [6, 6.07) is 17.5. The number of ketones is 1. The molecule has 0 fully saturated rings. The molecule has 3 rings (SSSR count). The summed E-state index contributed by atoms with van der Waals surface area (Å²) >= 11 is 0. The molecule has 1 aromatic heterocycles. The van der Waals surface area contributed by atoms with E-state index in [1.165, 1.54) is 5.56 Å². The molecule has 0 aliphatic heterocycles. The fourth-order valence-corrected chi connectivity index (χ4v) is 3.53. The Morgan fingerprint density at radius 3 is 2.56 bits per heavy atom. The van der Waals surface area contributed by atoms with E-state index < -0.39 is 5.60 Å². The van der Waals surface area contributed by atoms with Gasteiger partial charge in [0.15, 0.2) is 0 Å². The first kappa shape index (κ1) is 23.5. The lowest BCUT2D eigenvalue weighted by Gasteiger charge is -2.24. The molecule has 0 aliphatic rings. The van der Waals surface area contributed by atoms with Gasteiger partial charge in [0, 0.05) is 18.3 Å². The van der Waals surface area contributed by atoms with Crippen LogP contribution in [0.1, 0.15) is 53.5 Å². The van der Waals surface area contributed by atoms with Gasteiger partial charge >= 0.3 is 0 Å². The second-order valence-electron chi connectivity index (χ2n) is 8.54. The summed E-state index contributed by atoms with van der Waals surface area (Å²) in [7, 11) is 0. The number of rotatable bonds is 10. The number of allylic oxidation sites excluding steroid dienone is 1. The van der Waals surface area contributed by atoms with E-state index in [9.17, 15) is 4.79 Å². The highest BCUT2D eigenvalue weighted by Gasteiger charge is 2.20. The molecule has 0 spiro atoms. The fraction of sp³-hybridized carbons (Fsp3) is 0.296. The van der Waals surface area contributed by atoms with Gasteiger partial charge in [-0.3, -0.25) is 10.1 Å². The molecule has 0 bridgehead atoms. The van der Waals surface area contributed by atoms with Crippen LogP contribution in [0.2, 0.25) is 0 Å². The summed E-state index contributed by atoms with van der Waals surface area (Å²) < 4.78 is 7.87. The average molecular weight is 434 g/mol. The first-order valence-electron chi connectivity index (χ1n) is 10.8. The van der Waals surface area contributed by atoms with Crippen LogP contribution in [0.3, 0.4) is 0 Å². The predicted octanol–water partition coefficient (Wildman–Crippen LogP) is 5.95. The van der Waals surface area contributed by atoms with Crippen molar-refractivity contribution < 1.29 is 19.7 Å². The van der Waals surface area contributed by atoms with Crippen LogP contribution in [0.4, 0.5) is 0 Å². The Labute approximate surface area is 189 Å². The number of hydrogen-bond donors (Lipinski definition) is 1. The van der Waals surface area contributed by atoms with Crippen LogP contribution in [-0.4, -0.2) is 27.8 Å². The van der Waals surface area contributed by atoms with Crippen molar-refractivity contribution in [3.63, 3.8) is 0 Å². The lowest BCUT2D eigenvalue weighted by molar-refractivity contribution is -0.264. The van der Waals surface area contributed by atoms with Crippen LogP contribution in [0, 0.1) is 6.92 Å². The molecular weight excluding hydrogens is 402 g/mol. The van der Waals surface area contributed by atoms with Crippen molar-refractivity contribution in [3.8, 4) is 5.75 Å². The third-order valence-corrected chi connectivity index (χ3v) is 5.17. The Morgan fingerprint density at radius 2 is 1.88 bits per heavy atom. The van der Waals surface area contributed by atoms with E-state index in [0.717, 1.165) is 17.5 Å². The maximum Gasteiger partial charge on any atom is 0.209 e. The number of nitrogens with zero attached hydrogens (tertiary/aromatic N) is 1. The number of hydrogen-bond acceptors (Lipinski definition) is 4. The van der Waals surface area contributed by atoms with Crippen LogP contribution in [0.25, 0.3) is 6.08 Å². The Balaban J connectivity index is 1.72. The molecule has 0 atom stereocenters. The highest BCUT2D eigenvalue weighted by atomic mass is 17.1. The third kappa shape index (κ3) is 6.19.